The molecule has 1 aromatic rings. The van der Waals surface area contributed by atoms with Crippen LogP contribution < -0.4 is 10.6 Å². The highest BCUT2D eigenvalue weighted by atomic mass is 19.4. The number of carbonyl (C=O) groups excluding carboxylic acids is 3. The number of esters is 1. The van der Waals surface area contributed by atoms with Gasteiger partial charge in [-0.15, -0.1) is 0 Å². The number of imide groups is 1. The largest absolute Gasteiger partial charge is 0.452 e. The molecule has 124 valence electrons. The van der Waals surface area contributed by atoms with Crippen molar-refractivity contribution in [1.82, 2.24) is 10.6 Å². The average molecular weight is 330 g/mol. The zero-order valence-electron chi connectivity index (χ0n) is 11.7. The third-order valence-corrected chi connectivity index (χ3v) is 2.26. The Morgan fingerprint density at radius 2 is 1.78 bits per heavy atom. The molecule has 3 amide bonds. The number of benzene rings is 1. The molecule has 1 aromatic carbocycles. The Kier molecular flexibility index (Phi) is 6.78. The third-order valence-electron chi connectivity index (χ3n) is 2.26. The van der Waals surface area contributed by atoms with Gasteiger partial charge >= 0.3 is 18.2 Å². The summed E-state index contributed by atoms with van der Waals surface area (Å²) < 4.78 is 40.0. The van der Waals surface area contributed by atoms with E-state index in [-0.39, 0.29) is 0 Å². The number of hydrogen-bond acceptors (Lipinski definition) is 4. The summed E-state index contributed by atoms with van der Waals surface area (Å²) in [5, 5.41) is 3.03. The zero-order chi connectivity index (χ0) is 17.3. The summed E-state index contributed by atoms with van der Waals surface area (Å²) in [7, 11) is 0. The van der Waals surface area contributed by atoms with Crippen molar-refractivity contribution in [3.05, 3.63) is 42.0 Å². The van der Waals surface area contributed by atoms with Crippen LogP contribution in [0.25, 0.3) is 6.08 Å². The molecule has 0 atom stereocenters. The van der Waals surface area contributed by atoms with Crippen LogP contribution in [0.1, 0.15) is 5.56 Å². The van der Waals surface area contributed by atoms with Crippen LogP contribution in [0.2, 0.25) is 0 Å². The van der Waals surface area contributed by atoms with E-state index in [0.29, 0.717) is 0 Å². The standard InChI is InChI=1S/C14H13F3N2O4/c15-14(16,17)9-18-13(22)19-11(20)8-23-12(21)7-6-10-4-2-1-3-5-10/h1-7H,8-9H2,(H2,18,19,20,22)/b7-6+. The highest BCUT2D eigenvalue weighted by Gasteiger charge is 2.27. The van der Waals surface area contributed by atoms with Gasteiger partial charge in [0.25, 0.3) is 5.91 Å². The molecule has 0 unspecified atom stereocenters. The van der Waals surface area contributed by atoms with E-state index in [1.165, 1.54) is 11.4 Å². The number of carbonyl (C=O) groups is 3. The lowest BCUT2D eigenvalue weighted by atomic mass is 10.2. The van der Waals surface area contributed by atoms with Gasteiger partial charge in [0.2, 0.25) is 0 Å². The summed E-state index contributed by atoms with van der Waals surface area (Å²) in [6.07, 6.45) is -2.06. The first-order valence-electron chi connectivity index (χ1n) is 6.30. The fraction of sp³-hybridized carbons (Fsp3) is 0.214. The van der Waals surface area contributed by atoms with Crippen LogP contribution in [0, 0.1) is 0 Å². The van der Waals surface area contributed by atoms with Crippen molar-refractivity contribution in [1.29, 1.82) is 0 Å². The maximum absolute atomic E-state index is 11.8. The second-order valence-corrected chi connectivity index (χ2v) is 4.20. The van der Waals surface area contributed by atoms with Crippen LogP contribution in [-0.2, 0) is 14.3 Å². The van der Waals surface area contributed by atoms with E-state index in [4.69, 9.17) is 0 Å². The topological polar surface area (TPSA) is 84.5 Å². The number of ether oxygens (including phenoxy) is 1. The van der Waals surface area contributed by atoms with Gasteiger partial charge in [0.1, 0.15) is 6.54 Å². The first-order chi connectivity index (χ1) is 10.8. The number of nitrogens with one attached hydrogen (secondary N) is 2. The molecule has 6 nitrogen and oxygen atoms in total. The van der Waals surface area contributed by atoms with Crippen molar-refractivity contribution in [3.63, 3.8) is 0 Å². The minimum absolute atomic E-state index is 0.737. The third kappa shape index (κ3) is 8.91. The van der Waals surface area contributed by atoms with Crippen molar-refractivity contribution in [2.24, 2.45) is 0 Å². The summed E-state index contributed by atoms with van der Waals surface area (Å²) in [5.74, 6) is -1.88. The molecule has 1 rings (SSSR count). The van der Waals surface area contributed by atoms with E-state index in [1.54, 1.807) is 35.6 Å². The van der Waals surface area contributed by atoms with Gasteiger partial charge in [-0.3, -0.25) is 10.1 Å². The molecule has 9 heteroatoms. The predicted octanol–water partition coefficient (Wildman–Crippen LogP) is 1.63. The minimum Gasteiger partial charge on any atom is -0.452 e. The molecular formula is C14H13F3N2O4. The van der Waals surface area contributed by atoms with Gasteiger partial charge in [0.05, 0.1) is 0 Å². The van der Waals surface area contributed by atoms with Crippen molar-refractivity contribution in [3.8, 4) is 0 Å². The number of halogens is 3. The molecule has 0 aliphatic heterocycles. The van der Waals surface area contributed by atoms with E-state index in [0.717, 1.165) is 11.6 Å². The molecule has 0 bridgehead atoms. The van der Waals surface area contributed by atoms with Crippen LogP contribution in [0.4, 0.5) is 18.0 Å². The van der Waals surface area contributed by atoms with Crippen molar-refractivity contribution in [2.45, 2.75) is 6.18 Å². The molecule has 0 saturated heterocycles. The molecule has 0 aliphatic carbocycles. The Hall–Kier alpha value is -2.84. The number of alkyl halides is 3. The van der Waals surface area contributed by atoms with Crippen LogP contribution in [0.15, 0.2) is 36.4 Å². The average Bonchev–Trinajstić information content (AvgIpc) is 2.49. The minimum atomic E-state index is -4.59. The van der Waals surface area contributed by atoms with Crippen molar-refractivity contribution >= 4 is 24.0 Å². The Morgan fingerprint density at radius 3 is 2.39 bits per heavy atom. The maximum Gasteiger partial charge on any atom is 0.405 e. The number of urea groups is 1. The molecule has 0 fully saturated rings. The zero-order valence-corrected chi connectivity index (χ0v) is 11.7. The summed E-state index contributed by atoms with van der Waals surface area (Å²) in [6.45, 7) is -2.37. The summed E-state index contributed by atoms with van der Waals surface area (Å²) in [5.41, 5.74) is 0.737. The molecule has 0 aliphatic rings. The molecule has 0 saturated carbocycles. The van der Waals surface area contributed by atoms with Gasteiger partial charge in [0.15, 0.2) is 6.61 Å². The van der Waals surface area contributed by atoms with Gasteiger partial charge in [-0.1, -0.05) is 30.3 Å². The first-order valence-corrected chi connectivity index (χ1v) is 6.30. The van der Waals surface area contributed by atoms with Gasteiger partial charge < -0.3 is 10.1 Å². The van der Waals surface area contributed by atoms with E-state index >= 15 is 0 Å². The van der Waals surface area contributed by atoms with Gasteiger partial charge in [0, 0.05) is 6.08 Å². The molecule has 0 aromatic heterocycles. The fourth-order valence-corrected chi connectivity index (χ4v) is 1.30. The van der Waals surface area contributed by atoms with Crippen LogP contribution in [0.3, 0.4) is 0 Å². The van der Waals surface area contributed by atoms with Crippen LogP contribution in [0.5, 0.6) is 0 Å². The first kappa shape index (κ1) is 18.2. The van der Waals surface area contributed by atoms with E-state index in [2.05, 4.69) is 4.74 Å². The highest BCUT2D eigenvalue weighted by molar-refractivity contribution is 5.96. The molecule has 23 heavy (non-hydrogen) atoms. The Balaban J connectivity index is 2.28. The smallest absolute Gasteiger partial charge is 0.405 e. The number of rotatable bonds is 5. The van der Waals surface area contributed by atoms with E-state index in [9.17, 15) is 27.6 Å². The Bertz CT molecular complexity index is 585. The molecule has 0 spiro atoms. The quantitative estimate of drug-likeness (QED) is 0.635. The lowest BCUT2D eigenvalue weighted by molar-refractivity contribution is -0.143. The lowest BCUT2D eigenvalue weighted by Gasteiger charge is -2.08. The Labute approximate surface area is 129 Å². The SMILES string of the molecule is O=C(COC(=O)/C=C/c1ccccc1)NC(=O)NCC(F)(F)F. The maximum atomic E-state index is 11.8. The van der Waals surface area contributed by atoms with Crippen LogP contribution >= 0.6 is 0 Å². The van der Waals surface area contributed by atoms with Crippen molar-refractivity contribution in [2.75, 3.05) is 13.2 Å². The normalized spacial score (nSPS) is 11.1. The lowest BCUT2D eigenvalue weighted by Crippen LogP contribution is -2.44. The second-order valence-electron chi connectivity index (χ2n) is 4.20. The molecule has 0 heterocycles. The molecular weight excluding hydrogens is 317 g/mol. The summed E-state index contributed by atoms with van der Waals surface area (Å²) in [4.78, 5) is 33.5. The van der Waals surface area contributed by atoms with E-state index < -0.39 is 37.2 Å². The highest BCUT2D eigenvalue weighted by Crippen LogP contribution is 2.11. The van der Waals surface area contributed by atoms with Gasteiger partial charge in [-0.25, -0.2) is 9.59 Å². The monoisotopic (exact) mass is 330 g/mol. The summed E-state index contributed by atoms with van der Waals surface area (Å²) >= 11 is 0. The molecule has 0 radical (unpaired) electrons. The predicted molar refractivity (Wildman–Crippen MR) is 74.0 cm³/mol. The van der Waals surface area contributed by atoms with Crippen LogP contribution in [-0.4, -0.2) is 37.2 Å². The Morgan fingerprint density at radius 1 is 1.13 bits per heavy atom. The van der Waals surface area contributed by atoms with E-state index in [1.807, 2.05) is 0 Å². The fourth-order valence-electron chi connectivity index (χ4n) is 1.30. The van der Waals surface area contributed by atoms with Gasteiger partial charge in [-0.05, 0) is 11.6 Å². The summed E-state index contributed by atoms with van der Waals surface area (Å²) in [6, 6.07) is 7.46. The van der Waals surface area contributed by atoms with Gasteiger partial charge in [-0.2, -0.15) is 13.2 Å². The second kappa shape index (κ2) is 8.57. The van der Waals surface area contributed by atoms with Crippen molar-refractivity contribution < 1.29 is 32.3 Å². The molecule has 2 N–H and O–H groups in total. The number of amides is 3. The number of hydrogen-bond donors (Lipinski definition) is 2.